The fourth-order valence-corrected chi connectivity index (χ4v) is 2.60. The number of nitrogens with one attached hydrogen (secondary N) is 1. The molecule has 126 valence electrons. The number of aromatic nitrogens is 2. The van der Waals surface area contributed by atoms with Gasteiger partial charge in [-0.15, -0.1) is 0 Å². The van der Waals surface area contributed by atoms with Crippen LogP contribution in [0.4, 0.5) is 4.39 Å². The van der Waals surface area contributed by atoms with Crippen LogP contribution in [0.3, 0.4) is 0 Å². The first-order chi connectivity index (χ1) is 11.5. The fraction of sp³-hybridized carbons (Fsp3) is 0.278. The SMILES string of the molecule is Cn1cc(C(C)(O)CNC(c2ccc(F)cc2)c2ccco2)cn1. The molecule has 2 atom stereocenters. The summed E-state index contributed by atoms with van der Waals surface area (Å²) >= 11 is 0. The Morgan fingerprint density at radius 3 is 2.67 bits per heavy atom. The zero-order valence-electron chi connectivity index (χ0n) is 13.6. The molecule has 0 bridgehead atoms. The van der Waals surface area contributed by atoms with Gasteiger partial charge in [0, 0.05) is 25.4 Å². The second-order valence-corrected chi connectivity index (χ2v) is 6.06. The molecule has 0 aliphatic carbocycles. The molecule has 3 rings (SSSR count). The van der Waals surface area contributed by atoms with E-state index in [1.54, 1.807) is 55.5 Å². The number of rotatable bonds is 6. The molecule has 0 saturated carbocycles. The maximum atomic E-state index is 13.2. The monoisotopic (exact) mass is 329 g/mol. The number of aliphatic hydroxyl groups is 1. The van der Waals surface area contributed by atoms with Crippen molar-refractivity contribution in [2.45, 2.75) is 18.6 Å². The van der Waals surface area contributed by atoms with Gasteiger partial charge < -0.3 is 14.8 Å². The summed E-state index contributed by atoms with van der Waals surface area (Å²) in [5.74, 6) is 0.405. The molecule has 24 heavy (non-hydrogen) atoms. The van der Waals surface area contributed by atoms with E-state index >= 15 is 0 Å². The van der Waals surface area contributed by atoms with E-state index in [1.807, 2.05) is 6.07 Å². The van der Waals surface area contributed by atoms with E-state index in [2.05, 4.69) is 10.4 Å². The van der Waals surface area contributed by atoms with Crippen molar-refractivity contribution in [2.75, 3.05) is 6.54 Å². The average Bonchev–Trinajstić information content (AvgIpc) is 3.21. The first-order valence-electron chi connectivity index (χ1n) is 7.69. The number of halogens is 1. The van der Waals surface area contributed by atoms with Crippen molar-refractivity contribution in [1.82, 2.24) is 15.1 Å². The molecule has 0 aliphatic rings. The van der Waals surface area contributed by atoms with Crippen molar-refractivity contribution in [2.24, 2.45) is 7.05 Å². The fourth-order valence-electron chi connectivity index (χ4n) is 2.60. The standard InChI is InChI=1S/C18H20FN3O2/c1-18(23,14-10-21-22(2)11-14)12-20-17(16-4-3-9-24-16)13-5-7-15(19)8-6-13/h3-11,17,20,23H,12H2,1-2H3. The second kappa shape index (κ2) is 6.59. The van der Waals surface area contributed by atoms with Gasteiger partial charge in [0.05, 0.1) is 18.5 Å². The van der Waals surface area contributed by atoms with Crippen molar-refractivity contribution in [3.63, 3.8) is 0 Å². The Morgan fingerprint density at radius 2 is 2.08 bits per heavy atom. The minimum atomic E-state index is -1.10. The molecule has 0 amide bonds. The average molecular weight is 329 g/mol. The van der Waals surface area contributed by atoms with Crippen LogP contribution in [0.2, 0.25) is 0 Å². The Balaban J connectivity index is 1.81. The lowest BCUT2D eigenvalue weighted by Crippen LogP contribution is -2.37. The van der Waals surface area contributed by atoms with Gasteiger partial charge in [-0.1, -0.05) is 12.1 Å². The number of nitrogens with zero attached hydrogens (tertiary/aromatic N) is 2. The van der Waals surface area contributed by atoms with Crippen LogP contribution >= 0.6 is 0 Å². The third-order valence-corrected chi connectivity index (χ3v) is 4.01. The Kier molecular flexibility index (Phi) is 4.51. The smallest absolute Gasteiger partial charge is 0.125 e. The van der Waals surface area contributed by atoms with Crippen LogP contribution in [-0.2, 0) is 12.6 Å². The number of hydrogen-bond donors (Lipinski definition) is 2. The number of aryl methyl sites for hydroxylation is 1. The third kappa shape index (κ3) is 3.55. The van der Waals surface area contributed by atoms with Crippen molar-refractivity contribution < 1.29 is 13.9 Å². The van der Waals surface area contributed by atoms with Crippen LogP contribution in [0.15, 0.2) is 59.5 Å². The highest BCUT2D eigenvalue weighted by atomic mass is 19.1. The summed E-state index contributed by atoms with van der Waals surface area (Å²) in [5.41, 5.74) is 0.474. The summed E-state index contributed by atoms with van der Waals surface area (Å²) in [6.07, 6.45) is 5.01. The lowest BCUT2D eigenvalue weighted by molar-refractivity contribution is 0.0543. The van der Waals surface area contributed by atoms with Crippen LogP contribution in [0.1, 0.15) is 29.9 Å². The summed E-state index contributed by atoms with van der Waals surface area (Å²) in [5, 5.41) is 18.1. The number of hydrogen-bond acceptors (Lipinski definition) is 4. The quantitative estimate of drug-likeness (QED) is 0.730. The van der Waals surface area contributed by atoms with Gasteiger partial charge in [0.1, 0.15) is 17.2 Å². The van der Waals surface area contributed by atoms with Crippen molar-refractivity contribution in [1.29, 1.82) is 0 Å². The summed E-state index contributed by atoms with van der Waals surface area (Å²) in [6.45, 7) is 2.00. The van der Waals surface area contributed by atoms with Gasteiger partial charge >= 0.3 is 0 Å². The minimum Gasteiger partial charge on any atom is -0.467 e. The Labute approximate surface area is 139 Å². The van der Waals surface area contributed by atoms with Crippen LogP contribution in [0.25, 0.3) is 0 Å². The molecule has 2 N–H and O–H groups in total. The van der Waals surface area contributed by atoms with Crippen LogP contribution in [-0.4, -0.2) is 21.4 Å². The molecule has 0 fully saturated rings. The minimum absolute atomic E-state index is 0.279. The van der Waals surface area contributed by atoms with Gasteiger partial charge in [-0.05, 0) is 36.8 Å². The molecule has 1 aromatic carbocycles. The third-order valence-electron chi connectivity index (χ3n) is 4.01. The van der Waals surface area contributed by atoms with Crippen LogP contribution in [0, 0.1) is 5.82 Å². The molecule has 3 aromatic rings. The van der Waals surface area contributed by atoms with Gasteiger partial charge in [-0.2, -0.15) is 5.10 Å². The van der Waals surface area contributed by atoms with E-state index < -0.39 is 5.60 Å². The van der Waals surface area contributed by atoms with Gasteiger partial charge in [0.25, 0.3) is 0 Å². The van der Waals surface area contributed by atoms with E-state index in [1.165, 1.54) is 12.1 Å². The summed E-state index contributed by atoms with van der Waals surface area (Å²) in [7, 11) is 1.80. The highest BCUT2D eigenvalue weighted by Gasteiger charge is 2.27. The maximum Gasteiger partial charge on any atom is 0.125 e. The van der Waals surface area contributed by atoms with E-state index in [-0.39, 0.29) is 18.4 Å². The summed E-state index contributed by atoms with van der Waals surface area (Å²) in [6, 6.07) is 9.58. The first-order valence-corrected chi connectivity index (χ1v) is 7.69. The molecule has 0 spiro atoms. The molecule has 2 unspecified atom stereocenters. The maximum absolute atomic E-state index is 13.2. The number of furan rings is 1. The molecule has 6 heteroatoms. The molecule has 0 aliphatic heterocycles. The van der Waals surface area contributed by atoms with Crippen molar-refractivity contribution >= 4 is 0 Å². The van der Waals surface area contributed by atoms with E-state index in [0.29, 0.717) is 5.76 Å². The molecule has 2 aromatic heterocycles. The summed E-state index contributed by atoms with van der Waals surface area (Å²) < 4.78 is 20.3. The van der Waals surface area contributed by atoms with Crippen molar-refractivity contribution in [3.05, 3.63) is 77.8 Å². The highest BCUT2D eigenvalue weighted by Crippen LogP contribution is 2.25. The van der Waals surface area contributed by atoms with Crippen molar-refractivity contribution in [3.8, 4) is 0 Å². The predicted octanol–water partition coefficient (Wildman–Crippen LogP) is 2.74. The van der Waals surface area contributed by atoms with Gasteiger partial charge in [0.15, 0.2) is 0 Å². The Morgan fingerprint density at radius 1 is 1.33 bits per heavy atom. The van der Waals surface area contributed by atoms with Gasteiger partial charge in [-0.25, -0.2) is 4.39 Å². The largest absolute Gasteiger partial charge is 0.467 e. The first kappa shape index (κ1) is 16.4. The molecular formula is C18H20FN3O2. The Hall–Kier alpha value is -2.44. The molecule has 5 nitrogen and oxygen atoms in total. The molecule has 0 radical (unpaired) electrons. The predicted molar refractivity (Wildman–Crippen MR) is 87.7 cm³/mol. The van der Waals surface area contributed by atoms with Crippen LogP contribution in [0.5, 0.6) is 0 Å². The molecule has 0 saturated heterocycles. The van der Waals surface area contributed by atoms with E-state index in [0.717, 1.165) is 11.1 Å². The lowest BCUT2D eigenvalue weighted by Gasteiger charge is -2.26. The van der Waals surface area contributed by atoms with Gasteiger partial charge in [0.2, 0.25) is 0 Å². The van der Waals surface area contributed by atoms with E-state index in [9.17, 15) is 9.50 Å². The van der Waals surface area contributed by atoms with E-state index in [4.69, 9.17) is 4.42 Å². The second-order valence-electron chi connectivity index (χ2n) is 6.06. The zero-order chi connectivity index (χ0) is 17.2. The molecular weight excluding hydrogens is 309 g/mol. The topological polar surface area (TPSA) is 63.2 Å². The number of benzene rings is 1. The Bertz CT molecular complexity index is 779. The van der Waals surface area contributed by atoms with Gasteiger partial charge in [-0.3, -0.25) is 4.68 Å². The lowest BCUT2D eigenvalue weighted by atomic mass is 9.97. The normalized spacial score (nSPS) is 15.2. The molecule has 2 heterocycles. The summed E-state index contributed by atoms with van der Waals surface area (Å²) in [4.78, 5) is 0. The highest BCUT2D eigenvalue weighted by molar-refractivity contribution is 5.27. The zero-order valence-corrected chi connectivity index (χ0v) is 13.6. The van der Waals surface area contributed by atoms with Crippen LogP contribution < -0.4 is 5.32 Å².